The first-order valence-electron chi connectivity index (χ1n) is 3.72. The maximum absolute atomic E-state index is 10.8. The van der Waals surface area contributed by atoms with Gasteiger partial charge in [0.05, 0.1) is 6.61 Å². The van der Waals surface area contributed by atoms with Gasteiger partial charge in [0.15, 0.2) is 0 Å². The van der Waals surface area contributed by atoms with E-state index < -0.39 is 5.91 Å². The van der Waals surface area contributed by atoms with Crippen molar-refractivity contribution in [2.75, 3.05) is 0 Å². The summed E-state index contributed by atoms with van der Waals surface area (Å²) in [6.45, 7) is -0.165. The lowest BCUT2D eigenvalue weighted by Gasteiger charge is -2.01. The average Bonchev–Trinajstić information content (AvgIpc) is 2.16. The standard InChI is InChI=1S/C9H10N2O2/c10-4-6-1-7(5-12)3-8(2-6)9(11)13/h1-4,10,12H,5H2,(H2,11,13). The predicted molar refractivity (Wildman–Crippen MR) is 48.8 cm³/mol. The molecule has 68 valence electrons. The summed E-state index contributed by atoms with van der Waals surface area (Å²) >= 11 is 0. The molecule has 0 aliphatic rings. The molecule has 4 N–H and O–H groups in total. The van der Waals surface area contributed by atoms with E-state index in [1.165, 1.54) is 12.1 Å². The van der Waals surface area contributed by atoms with Crippen LogP contribution < -0.4 is 5.73 Å². The fourth-order valence-corrected chi connectivity index (χ4v) is 1.04. The molecule has 1 aromatic rings. The third-order valence-corrected chi connectivity index (χ3v) is 1.65. The highest BCUT2D eigenvalue weighted by molar-refractivity contribution is 5.95. The van der Waals surface area contributed by atoms with E-state index in [0.717, 1.165) is 6.21 Å². The SMILES string of the molecule is N=Cc1cc(CO)cc(C(N)=O)c1. The molecule has 1 aromatic carbocycles. The lowest BCUT2D eigenvalue weighted by molar-refractivity contribution is 0.1000. The van der Waals surface area contributed by atoms with Crippen molar-refractivity contribution in [1.29, 1.82) is 5.41 Å². The van der Waals surface area contributed by atoms with Crippen molar-refractivity contribution in [3.05, 3.63) is 34.9 Å². The van der Waals surface area contributed by atoms with Gasteiger partial charge in [-0.1, -0.05) is 0 Å². The lowest BCUT2D eigenvalue weighted by atomic mass is 10.1. The molecule has 13 heavy (non-hydrogen) atoms. The summed E-state index contributed by atoms with van der Waals surface area (Å²) in [5.74, 6) is -0.557. The molecule has 0 spiro atoms. The van der Waals surface area contributed by atoms with E-state index in [1.54, 1.807) is 6.07 Å². The molecule has 1 rings (SSSR count). The summed E-state index contributed by atoms with van der Waals surface area (Å²) < 4.78 is 0. The largest absolute Gasteiger partial charge is 0.392 e. The zero-order valence-corrected chi connectivity index (χ0v) is 6.95. The van der Waals surface area contributed by atoms with Gasteiger partial charge >= 0.3 is 0 Å². The minimum Gasteiger partial charge on any atom is -0.392 e. The number of carbonyl (C=O) groups is 1. The van der Waals surface area contributed by atoms with Crippen molar-refractivity contribution in [2.24, 2.45) is 5.73 Å². The third-order valence-electron chi connectivity index (χ3n) is 1.65. The third kappa shape index (κ3) is 2.13. The van der Waals surface area contributed by atoms with E-state index in [9.17, 15) is 4.79 Å². The molecule has 0 saturated heterocycles. The summed E-state index contributed by atoms with van der Waals surface area (Å²) in [6, 6.07) is 4.64. The fourth-order valence-electron chi connectivity index (χ4n) is 1.04. The summed E-state index contributed by atoms with van der Waals surface area (Å²) in [4.78, 5) is 10.8. The summed E-state index contributed by atoms with van der Waals surface area (Å²) in [5, 5.41) is 15.8. The molecular formula is C9H10N2O2. The molecule has 0 aliphatic heterocycles. The normalized spacial score (nSPS) is 9.62. The number of aliphatic hydroxyl groups excluding tert-OH is 1. The predicted octanol–water partition coefficient (Wildman–Crippen LogP) is 0.275. The quantitative estimate of drug-likeness (QED) is 0.580. The number of rotatable bonds is 3. The van der Waals surface area contributed by atoms with Crippen LogP contribution in [0.1, 0.15) is 21.5 Å². The Balaban J connectivity index is 3.22. The van der Waals surface area contributed by atoms with Gasteiger partial charge in [-0.2, -0.15) is 0 Å². The Hall–Kier alpha value is -1.68. The molecule has 0 heterocycles. The number of nitrogens with two attached hydrogens (primary N) is 1. The average molecular weight is 178 g/mol. The van der Waals surface area contributed by atoms with Gasteiger partial charge in [0.25, 0.3) is 0 Å². The number of nitrogens with one attached hydrogen (secondary N) is 1. The number of amides is 1. The van der Waals surface area contributed by atoms with Gasteiger partial charge in [-0.25, -0.2) is 0 Å². The molecule has 0 fully saturated rings. The highest BCUT2D eigenvalue weighted by Crippen LogP contribution is 2.08. The smallest absolute Gasteiger partial charge is 0.248 e. The molecular weight excluding hydrogens is 168 g/mol. The maximum atomic E-state index is 10.8. The van der Waals surface area contributed by atoms with Crippen molar-refractivity contribution in [1.82, 2.24) is 0 Å². The minimum atomic E-state index is -0.557. The molecule has 0 aliphatic carbocycles. The molecule has 0 atom stereocenters. The van der Waals surface area contributed by atoms with Gasteiger partial charge in [-0.05, 0) is 29.3 Å². The van der Waals surface area contributed by atoms with Crippen LogP contribution in [0.25, 0.3) is 0 Å². The highest BCUT2D eigenvalue weighted by atomic mass is 16.3. The Labute approximate surface area is 75.5 Å². The van der Waals surface area contributed by atoms with Crippen LogP contribution in [0.15, 0.2) is 18.2 Å². The molecule has 0 bridgehead atoms. The van der Waals surface area contributed by atoms with Crippen LogP contribution in [0, 0.1) is 5.41 Å². The van der Waals surface area contributed by atoms with E-state index in [-0.39, 0.29) is 6.61 Å². The van der Waals surface area contributed by atoms with Crippen LogP contribution in [0.5, 0.6) is 0 Å². The second-order valence-corrected chi connectivity index (χ2v) is 2.63. The zero-order chi connectivity index (χ0) is 9.84. The molecule has 4 nitrogen and oxygen atoms in total. The number of hydrogen-bond donors (Lipinski definition) is 3. The Bertz CT molecular complexity index is 347. The minimum absolute atomic E-state index is 0.165. The van der Waals surface area contributed by atoms with Crippen molar-refractivity contribution >= 4 is 12.1 Å². The number of aliphatic hydroxyl groups is 1. The zero-order valence-electron chi connectivity index (χ0n) is 6.95. The first-order chi connectivity index (χ1) is 6.17. The van der Waals surface area contributed by atoms with Crippen LogP contribution in [0.2, 0.25) is 0 Å². The lowest BCUT2D eigenvalue weighted by Crippen LogP contribution is -2.11. The summed E-state index contributed by atoms with van der Waals surface area (Å²) in [5.41, 5.74) is 6.51. The Morgan fingerprint density at radius 2 is 2.23 bits per heavy atom. The second kappa shape index (κ2) is 3.82. The highest BCUT2D eigenvalue weighted by Gasteiger charge is 2.03. The molecule has 0 saturated carbocycles. The van der Waals surface area contributed by atoms with Crippen LogP contribution in [0.3, 0.4) is 0 Å². The maximum Gasteiger partial charge on any atom is 0.248 e. The van der Waals surface area contributed by atoms with Crippen molar-refractivity contribution in [3.8, 4) is 0 Å². The molecule has 0 radical (unpaired) electrons. The van der Waals surface area contributed by atoms with Gasteiger partial charge in [0.2, 0.25) is 5.91 Å². The Morgan fingerprint density at radius 1 is 1.54 bits per heavy atom. The van der Waals surface area contributed by atoms with E-state index >= 15 is 0 Å². The number of carbonyl (C=O) groups excluding carboxylic acids is 1. The van der Waals surface area contributed by atoms with E-state index in [4.69, 9.17) is 16.2 Å². The summed E-state index contributed by atoms with van der Waals surface area (Å²) in [7, 11) is 0. The van der Waals surface area contributed by atoms with Crippen LogP contribution >= 0.6 is 0 Å². The topological polar surface area (TPSA) is 87.2 Å². The van der Waals surface area contributed by atoms with Crippen LogP contribution in [-0.2, 0) is 6.61 Å². The monoisotopic (exact) mass is 178 g/mol. The first-order valence-corrected chi connectivity index (χ1v) is 3.72. The van der Waals surface area contributed by atoms with Crippen molar-refractivity contribution in [2.45, 2.75) is 6.61 Å². The number of benzene rings is 1. The number of primary amides is 1. The van der Waals surface area contributed by atoms with Crippen molar-refractivity contribution in [3.63, 3.8) is 0 Å². The van der Waals surface area contributed by atoms with Crippen molar-refractivity contribution < 1.29 is 9.90 Å². The Morgan fingerprint density at radius 3 is 2.69 bits per heavy atom. The van der Waals surface area contributed by atoms with Gasteiger partial charge in [0.1, 0.15) is 0 Å². The van der Waals surface area contributed by atoms with Gasteiger partial charge < -0.3 is 16.2 Å². The molecule has 1 amide bonds. The van der Waals surface area contributed by atoms with Crippen LogP contribution in [-0.4, -0.2) is 17.2 Å². The summed E-state index contributed by atoms with van der Waals surface area (Å²) in [6.07, 6.45) is 1.10. The molecule has 0 aromatic heterocycles. The number of hydrogen-bond acceptors (Lipinski definition) is 3. The molecule has 0 unspecified atom stereocenters. The van der Waals surface area contributed by atoms with E-state index in [2.05, 4.69) is 0 Å². The van der Waals surface area contributed by atoms with E-state index in [1.807, 2.05) is 0 Å². The van der Waals surface area contributed by atoms with Gasteiger partial charge in [0, 0.05) is 11.8 Å². The van der Waals surface area contributed by atoms with E-state index in [0.29, 0.717) is 16.7 Å². The fraction of sp³-hybridized carbons (Fsp3) is 0.111. The Kier molecular flexibility index (Phi) is 2.76. The van der Waals surface area contributed by atoms with Gasteiger partial charge in [-0.3, -0.25) is 4.79 Å². The molecule has 4 heteroatoms. The first kappa shape index (κ1) is 9.41. The van der Waals surface area contributed by atoms with Crippen LogP contribution in [0.4, 0.5) is 0 Å². The van der Waals surface area contributed by atoms with Gasteiger partial charge in [-0.15, -0.1) is 0 Å². The second-order valence-electron chi connectivity index (χ2n) is 2.63.